The van der Waals surface area contributed by atoms with Crippen molar-refractivity contribution in [3.8, 4) is 0 Å². The smallest absolute Gasteiger partial charge is 0.289 e. The maximum atomic E-state index is 13.0. The van der Waals surface area contributed by atoms with Gasteiger partial charge in [0, 0.05) is 29.3 Å². The largest absolute Gasteiger partial charge is 0.363 e. The topological polar surface area (TPSA) is 85.4 Å². The number of nitrogens with two attached hydrogens (primary N) is 1. The Labute approximate surface area is 156 Å². The van der Waals surface area contributed by atoms with Gasteiger partial charge in [-0.2, -0.15) is 0 Å². The zero-order valence-electron chi connectivity index (χ0n) is 14.7. The van der Waals surface area contributed by atoms with Crippen LogP contribution in [-0.4, -0.2) is 28.7 Å². The number of hydrogen-bond acceptors (Lipinski definition) is 3. The quantitative estimate of drug-likeness (QED) is 0.571. The Morgan fingerprint density at radius 3 is 2.56 bits per heavy atom. The fourth-order valence-corrected chi connectivity index (χ4v) is 3.72. The molecule has 27 heavy (non-hydrogen) atoms. The summed E-state index contributed by atoms with van der Waals surface area (Å²) < 4.78 is 1.71. The number of aryl methyl sites for hydroxylation is 1. The number of fused-ring (bicyclic) bond motifs is 2. The third kappa shape index (κ3) is 2.99. The fourth-order valence-electron chi connectivity index (χ4n) is 3.72. The zero-order chi connectivity index (χ0) is 19.0. The second kappa shape index (κ2) is 6.72. The third-order valence-corrected chi connectivity index (χ3v) is 4.97. The van der Waals surface area contributed by atoms with Crippen LogP contribution in [0.5, 0.6) is 0 Å². The summed E-state index contributed by atoms with van der Waals surface area (Å²) >= 11 is 0. The summed E-state index contributed by atoms with van der Waals surface area (Å²) in [6.45, 7) is 0.753. The van der Waals surface area contributed by atoms with Gasteiger partial charge in [-0.1, -0.05) is 36.4 Å². The number of aromatic nitrogens is 1. The van der Waals surface area contributed by atoms with Gasteiger partial charge < -0.3 is 15.2 Å². The molecule has 0 radical (unpaired) electrons. The molecular weight excluding hydrogens is 342 g/mol. The predicted octanol–water partition coefficient (Wildman–Crippen LogP) is 2.29. The van der Waals surface area contributed by atoms with E-state index >= 15 is 0 Å². The number of nitrogens with zero attached hydrogens (tertiary/aromatic N) is 2. The first kappa shape index (κ1) is 17.0. The summed E-state index contributed by atoms with van der Waals surface area (Å²) in [5, 5.41) is 0.619. The fraction of sp³-hybridized carbons (Fsp3) is 0.190. The Bertz CT molecular complexity index is 1070. The van der Waals surface area contributed by atoms with Crippen molar-refractivity contribution in [3.63, 3.8) is 0 Å². The molecular formula is C21H19N3O3. The van der Waals surface area contributed by atoms with E-state index in [1.54, 1.807) is 27.8 Å². The SMILES string of the molecule is NC(=O)C(=O)c1cn(CC(=O)N2CCCc3ccccc32)c2ccccc12. The molecule has 6 heteroatoms. The van der Waals surface area contributed by atoms with E-state index in [2.05, 4.69) is 0 Å². The van der Waals surface area contributed by atoms with E-state index in [-0.39, 0.29) is 18.0 Å². The van der Waals surface area contributed by atoms with Crippen LogP contribution in [0.2, 0.25) is 0 Å². The van der Waals surface area contributed by atoms with Crippen molar-refractivity contribution in [2.45, 2.75) is 19.4 Å². The molecule has 2 aromatic carbocycles. The number of Topliss-reactive ketones (excluding diaryl/α,β-unsaturated/α-hetero) is 1. The van der Waals surface area contributed by atoms with E-state index in [9.17, 15) is 14.4 Å². The third-order valence-electron chi connectivity index (χ3n) is 4.97. The van der Waals surface area contributed by atoms with Crippen molar-refractivity contribution in [1.82, 2.24) is 4.57 Å². The average Bonchev–Trinajstić information content (AvgIpc) is 3.05. The van der Waals surface area contributed by atoms with Crippen LogP contribution < -0.4 is 10.6 Å². The lowest BCUT2D eigenvalue weighted by Crippen LogP contribution is -2.37. The molecule has 0 spiro atoms. The molecule has 2 heterocycles. The van der Waals surface area contributed by atoms with Crippen molar-refractivity contribution < 1.29 is 14.4 Å². The lowest BCUT2D eigenvalue weighted by Gasteiger charge is -2.29. The lowest BCUT2D eigenvalue weighted by molar-refractivity contribution is -0.119. The van der Waals surface area contributed by atoms with Crippen molar-refractivity contribution >= 4 is 34.2 Å². The summed E-state index contributed by atoms with van der Waals surface area (Å²) in [6.07, 6.45) is 3.43. The second-order valence-electron chi connectivity index (χ2n) is 6.66. The first-order chi connectivity index (χ1) is 13.1. The summed E-state index contributed by atoms with van der Waals surface area (Å²) in [7, 11) is 0. The highest BCUT2D eigenvalue weighted by atomic mass is 16.2. The van der Waals surface area contributed by atoms with Gasteiger partial charge in [0.25, 0.3) is 11.7 Å². The van der Waals surface area contributed by atoms with E-state index in [0.29, 0.717) is 11.9 Å². The Kier molecular flexibility index (Phi) is 4.24. The lowest BCUT2D eigenvalue weighted by atomic mass is 10.0. The highest BCUT2D eigenvalue weighted by Crippen LogP contribution is 2.28. The molecule has 6 nitrogen and oxygen atoms in total. The summed E-state index contributed by atoms with van der Waals surface area (Å²) in [5.41, 5.74) is 8.23. The van der Waals surface area contributed by atoms with Crippen LogP contribution in [0.4, 0.5) is 5.69 Å². The van der Waals surface area contributed by atoms with Crippen LogP contribution in [0.25, 0.3) is 10.9 Å². The maximum Gasteiger partial charge on any atom is 0.289 e. The number of benzene rings is 2. The number of rotatable bonds is 4. The number of carbonyl (C=O) groups is 3. The molecule has 1 aliphatic rings. The highest BCUT2D eigenvalue weighted by Gasteiger charge is 2.24. The van der Waals surface area contributed by atoms with Crippen LogP contribution in [0, 0.1) is 0 Å². The molecule has 2 amide bonds. The maximum absolute atomic E-state index is 13.0. The molecule has 0 atom stereocenters. The number of hydrogen-bond donors (Lipinski definition) is 1. The molecule has 4 rings (SSSR count). The van der Waals surface area contributed by atoms with E-state index in [1.807, 2.05) is 36.4 Å². The molecule has 0 saturated carbocycles. The molecule has 0 saturated heterocycles. The van der Waals surface area contributed by atoms with Gasteiger partial charge in [-0.25, -0.2) is 0 Å². The van der Waals surface area contributed by atoms with Gasteiger partial charge in [-0.05, 0) is 30.5 Å². The second-order valence-corrected chi connectivity index (χ2v) is 6.66. The number of primary amides is 1. The standard InChI is InChI=1S/C21H19N3O3/c22-21(27)20(26)16-12-23(18-10-4-2-8-15(16)18)13-19(25)24-11-5-7-14-6-1-3-9-17(14)24/h1-4,6,8-10,12H,5,7,11,13H2,(H2,22,27). The van der Waals surface area contributed by atoms with Crippen LogP contribution in [0.3, 0.4) is 0 Å². The average molecular weight is 361 g/mol. The Morgan fingerprint density at radius 2 is 1.74 bits per heavy atom. The van der Waals surface area contributed by atoms with Crippen molar-refractivity contribution in [2.24, 2.45) is 5.73 Å². The molecule has 0 bridgehead atoms. The van der Waals surface area contributed by atoms with Gasteiger partial charge in [-0.15, -0.1) is 0 Å². The zero-order valence-corrected chi connectivity index (χ0v) is 14.7. The highest BCUT2D eigenvalue weighted by molar-refractivity contribution is 6.44. The van der Waals surface area contributed by atoms with E-state index < -0.39 is 11.7 Å². The van der Waals surface area contributed by atoms with E-state index in [0.717, 1.165) is 24.0 Å². The number of amides is 2. The molecule has 3 aromatic rings. The molecule has 2 N–H and O–H groups in total. The van der Waals surface area contributed by atoms with Crippen LogP contribution in [0.15, 0.2) is 54.7 Å². The van der Waals surface area contributed by atoms with Crippen molar-refractivity contribution in [2.75, 3.05) is 11.4 Å². The number of carbonyl (C=O) groups excluding carboxylic acids is 3. The number of ketones is 1. The summed E-state index contributed by atoms with van der Waals surface area (Å²) in [5.74, 6) is -1.81. The molecule has 0 fully saturated rings. The summed E-state index contributed by atoms with van der Waals surface area (Å²) in [6, 6.07) is 15.1. The Hall–Kier alpha value is -3.41. The van der Waals surface area contributed by atoms with Gasteiger partial charge in [0.2, 0.25) is 5.91 Å². The summed E-state index contributed by atoms with van der Waals surface area (Å²) in [4.78, 5) is 38.3. The molecule has 0 aliphatic carbocycles. The molecule has 1 aliphatic heterocycles. The number of para-hydroxylation sites is 2. The van der Waals surface area contributed by atoms with Gasteiger partial charge >= 0.3 is 0 Å². The minimum atomic E-state index is -1.01. The molecule has 1 aromatic heterocycles. The Balaban J connectivity index is 1.69. The van der Waals surface area contributed by atoms with Gasteiger partial charge in [-0.3, -0.25) is 14.4 Å². The van der Waals surface area contributed by atoms with Crippen LogP contribution in [-0.2, 0) is 22.6 Å². The van der Waals surface area contributed by atoms with Gasteiger partial charge in [0.05, 0.1) is 5.56 Å². The minimum absolute atomic E-state index is 0.0547. The Morgan fingerprint density at radius 1 is 1.00 bits per heavy atom. The van der Waals surface area contributed by atoms with Gasteiger partial charge in [0.15, 0.2) is 0 Å². The van der Waals surface area contributed by atoms with Gasteiger partial charge in [0.1, 0.15) is 6.54 Å². The van der Waals surface area contributed by atoms with Crippen molar-refractivity contribution in [1.29, 1.82) is 0 Å². The minimum Gasteiger partial charge on any atom is -0.363 e. The van der Waals surface area contributed by atoms with E-state index in [4.69, 9.17) is 5.73 Å². The van der Waals surface area contributed by atoms with Crippen molar-refractivity contribution in [3.05, 3.63) is 65.9 Å². The number of anilines is 1. The molecule has 136 valence electrons. The van der Waals surface area contributed by atoms with Crippen LogP contribution >= 0.6 is 0 Å². The normalized spacial score (nSPS) is 13.4. The first-order valence-corrected chi connectivity index (χ1v) is 8.86. The van der Waals surface area contributed by atoms with Crippen LogP contribution in [0.1, 0.15) is 22.3 Å². The monoisotopic (exact) mass is 361 g/mol. The first-order valence-electron chi connectivity index (χ1n) is 8.86. The predicted molar refractivity (Wildman–Crippen MR) is 103 cm³/mol. The van der Waals surface area contributed by atoms with E-state index in [1.165, 1.54) is 5.56 Å². The molecule has 0 unspecified atom stereocenters.